The van der Waals surface area contributed by atoms with Crippen molar-refractivity contribution in [2.24, 2.45) is 0 Å². The number of aromatic carboxylic acids is 1. The highest BCUT2D eigenvalue weighted by Gasteiger charge is 2.07. The first-order valence-corrected chi connectivity index (χ1v) is 7.02. The van der Waals surface area contributed by atoms with E-state index >= 15 is 0 Å². The maximum atomic E-state index is 10.6. The molecular weight excluding hydrogens is 318 g/mol. The van der Waals surface area contributed by atoms with E-state index in [1.807, 2.05) is 6.07 Å². The zero-order chi connectivity index (χ0) is 13.0. The lowest BCUT2D eigenvalue weighted by molar-refractivity contribution is 0.0696. The molecule has 4 nitrogen and oxygen atoms in total. The summed E-state index contributed by atoms with van der Waals surface area (Å²) in [6.07, 6.45) is 2.21. The molecule has 0 spiro atoms. The van der Waals surface area contributed by atoms with Crippen molar-refractivity contribution in [3.63, 3.8) is 0 Å². The highest BCUT2D eigenvalue weighted by molar-refractivity contribution is 9.11. The molecule has 0 aromatic carbocycles. The van der Waals surface area contributed by atoms with Gasteiger partial charge in [-0.15, -0.1) is 11.3 Å². The fraction of sp³-hybridized carbons (Fsp3) is 0.250. The molecule has 2 heterocycles. The molecule has 18 heavy (non-hydrogen) atoms. The number of carboxylic acids is 1. The molecule has 0 aliphatic rings. The first-order valence-electron chi connectivity index (χ1n) is 5.41. The topological polar surface area (TPSA) is 62.5 Å². The van der Waals surface area contributed by atoms with Crippen molar-refractivity contribution in [2.75, 3.05) is 6.54 Å². The third kappa shape index (κ3) is 3.69. The van der Waals surface area contributed by atoms with Crippen LogP contribution in [0.4, 0.5) is 0 Å². The van der Waals surface area contributed by atoms with Gasteiger partial charge in [0.2, 0.25) is 0 Å². The van der Waals surface area contributed by atoms with Gasteiger partial charge < -0.3 is 14.8 Å². The number of carbonyl (C=O) groups is 1. The van der Waals surface area contributed by atoms with Crippen LogP contribution < -0.4 is 5.32 Å². The minimum Gasteiger partial charge on any atom is -0.478 e. The predicted molar refractivity (Wildman–Crippen MR) is 73.1 cm³/mol. The van der Waals surface area contributed by atoms with E-state index in [9.17, 15) is 4.79 Å². The van der Waals surface area contributed by atoms with Crippen LogP contribution in [-0.2, 0) is 13.0 Å². The molecule has 0 saturated heterocycles. The van der Waals surface area contributed by atoms with E-state index in [0.29, 0.717) is 12.3 Å². The summed E-state index contributed by atoms with van der Waals surface area (Å²) in [4.78, 5) is 12.0. The van der Waals surface area contributed by atoms with Crippen molar-refractivity contribution in [3.05, 3.63) is 44.4 Å². The molecule has 96 valence electrons. The minimum absolute atomic E-state index is 0.189. The van der Waals surface area contributed by atoms with E-state index in [1.54, 1.807) is 11.3 Å². The summed E-state index contributed by atoms with van der Waals surface area (Å²) in [6, 6.07) is 5.66. The van der Waals surface area contributed by atoms with E-state index < -0.39 is 5.97 Å². The highest BCUT2D eigenvalue weighted by atomic mass is 79.9. The summed E-state index contributed by atoms with van der Waals surface area (Å²) in [5, 5.41) is 12.0. The third-order valence-corrected chi connectivity index (χ3v) is 4.06. The Balaban J connectivity index is 1.73. The summed E-state index contributed by atoms with van der Waals surface area (Å²) in [7, 11) is 0. The van der Waals surface area contributed by atoms with Crippen LogP contribution in [0.15, 0.2) is 32.7 Å². The number of nitrogens with one attached hydrogen (secondary N) is 1. The molecule has 0 atom stereocenters. The van der Waals surface area contributed by atoms with E-state index in [4.69, 9.17) is 9.52 Å². The van der Waals surface area contributed by atoms with E-state index in [-0.39, 0.29) is 5.56 Å². The summed E-state index contributed by atoms with van der Waals surface area (Å²) in [5.74, 6) is -0.326. The van der Waals surface area contributed by atoms with Gasteiger partial charge in [-0.05, 0) is 40.5 Å². The van der Waals surface area contributed by atoms with E-state index in [1.165, 1.54) is 17.2 Å². The maximum Gasteiger partial charge on any atom is 0.338 e. The number of rotatable bonds is 6. The van der Waals surface area contributed by atoms with Crippen LogP contribution in [0.25, 0.3) is 0 Å². The zero-order valence-corrected chi connectivity index (χ0v) is 11.9. The molecule has 0 unspecified atom stereocenters. The number of hydrogen-bond acceptors (Lipinski definition) is 4. The molecule has 0 bridgehead atoms. The van der Waals surface area contributed by atoms with Crippen LogP contribution >= 0.6 is 27.3 Å². The zero-order valence-electron chi connectivity index (χ0n) is 9.48. The lowest BCUT2D eigenvalue weighted by atomic mass is 10.3. The second-order valence-corrected chi connectivity index (χ2v) is 6.29. The van der Waals surface area contributed by atoms with Crippen LogP contribution in [-0.4, -0.2) is 17.6 Å². The third-order valence-electron chi connectivity index (χ3n) is 2.38. The van der Waals surface area contributed by atoms with E-state index in [0.717, 1.165) is 16.8 Å². The number of halogens is 1. The standard InChI is InChI=1S/C12H12BrNO3S/c13-11-2-1-10(18-11)3-4-14-6-9-5-8(7-17-9)12(15)16/h1-2,5,7,14H,3-4,6H2,(H,15,16). The molecule has 0 fully saturated rings. The van der Waals surface area contributed by atoms with Crippen molar-refractivity contribution >= 4 is 33.2 Å². The van der Waals surface area contributed by atoms with Gasteiger partial charge in [-0.2, -0.15) is 0 Å². The predicted octanol–water partition coefficient (Wildman–Crippen LogP) is 3.13. The van der Waals surface area contributed by atoms with Gasteiger partial charge in [-0.25, -0.2) is 4.79 Å². The van der Waals surface area contributed by atoms with Crippen LogP contribution in [0.3, 0.4) is 0 Å². The Morgan fingerprint density at radius 3 is 2.94 bits per heavy atom. The number of furan rings is 1. The van der Waals surface area contributed by atoms with Crippen molar-refractivity contribution in [2.45, 2.75) is 13.0 Å². The maximum absolute atomic E-state index is 10.6. The second-order valence-electron chi connectivity index (χ2n) is 3.74. The van der Waals surface area contributed by atoms with Crippen molar-refractivity contribution in [1.82, 2.24) is 5.32 Å². The quantitative estimate of drug-likeness (QED) is 0.799. The lowest BCUT2D eigenvalue weighted by Crippen LogP contribution is -2.15. The van der Waals surface area contributed by atoms with Gasteiger partial charge in [0.25, 0.3) is 0 Å². The van der Waals surface area contributed by atoms with Gasteiger partial charge in [0.15, 0.2) is 0 Å². The summed E-state index contributed by atoms with van der Waals surface area (Å²) < 4.78 is 6.27. The van der Waals surface area contributed by atoms with Crippen LogP contribution in [0.1, 0.15) is 21.0 Å². The molecule has 0 radical (unpaired) electrons. The van der Waals surface area contributed by atoms with Crippen LogP contribution in [0.2, 0.25) is 0 Å². The largest absolute Gasteiger partial charge is 0.478 e. The number of hydrogen-bond donors (Lipinski definition) is 2. The van der Waals surface area contributed by atoms with Gasteiger partial charge in [0.1, 0.15) is 12.0 Å². The first-order chi connectivity index (χ1) is 8.65. The van der Waals surface area contributed by atoms with E-state index in [2.05, 4.69) is 27.3 Å². The Morgan fingerprint density at radius 1 is 1.50 bits per heavy atom. The molecule has 2 rings (SSSR count). The Morgan fingerprint density at radius 2 is 2.33 bits per heavy atom. The van der Waals surface area contributed by atoms with Gasteiger partial charge in [0, 0.05) is 11.4 Å². The minimum atomic E-state index is -0.964. The summed E-state index contributed by atoms with van der Waals surface area (Å²) in [5.41, 5.74) is 0.189. The molecular formula is C12H12BrNO3S. The molecule has 0 aliphatic carbocycles. The molecule has 0 saturated carbocycles. The molecule has 2 aromatic heterocycles. The SMILES string of the molecule is O=C(O)c1coc(CNCCc2ccc(Br)s2)c1. The van der Waals surface area contributed by atoms with Crippen LogP contribution in [0, 0.1) is 0 Å². The Hall–Kier alpha value is -1.11. The van der Waals surface area contributed by atoms with Gasteiger partial charge in [-0.1, -0.05) is 0 Å². The monoisotopic (exact) mass is 329 g/mol. The Labute approximate surface area is 117 Å². The summed E-state index contributed by atoms with van der Waals surface area (Å²) >= 11 is 5.14. The molecule has 0 aliphatic heterocycles. The normalized spacial score (nSPS) is 10.7. The fourth-order valence-corrected chi connectivity index (χ4v) is 2.98. The summed E-state index contributed by atoms with van der Waals surface area (Å²) in [6.45, 7) is 1.37. The second kappa shape index (κ2) is 6.17. The highest BCUT2D eigenvalue weighted by Crippen LogP contribution is 2.22. The number of carboxylic acid groups (broad SMARTS) is 1. The average Bonchev–Trinajstić information content (AvgIpc) is 2.93. The Bertz CT molecular complexity index is 535. The lowest BCUT2D eigenvalue weighted by Gasteiger charge is -2.00. The smallest absolute Gasteiger partial charge is 0.338 e. The van der Waals surface area contributed by atoms with Crippen molar-refractivity contribution in [3.8, 4) is 0 Å². The average molecular weight is 330 g/mol. The fourth-order valence-electron chi connectivity index (χ4n) is 1.49. The van der Waals surface area contributed by atoms with Gasteiger partial charge in [0.05, 0.1) is 15.9 Å². The first kappa shape index (κ1) is 13.3. The molecule has 2 N–H and O–H groups in total. The molecule has 2 aromatic rings. The number of thiophene rings is 1. The van der Waals surface area contributed by atoms with Crippen molar-refractivity contribution < 1.29 is 14.3 Å². The van der Waals surface area contributed by atoms with Gasteiger partial charge >= 0.3 is 5.97 Å². The Kier molecular flexibility index (Phi) is 4.57. The molecule has 0 amide bonds. The van der Waals surface area contributed by atoms with Crippen molar-refractivity contribution in [1.29, 1.82) is 0 Å². The van der Waals surface area contributed by atoms with Crippen LogP contribution in [0.5, 0.6) is 0 Å². The van der Waals surface area contributed by atoms with Gasteiger partial charge in [-0.3, -0.25) is 0 Å². The molecule has 6 heteroatoms.